The van der Waals surface area contributed by atoms with Gasteiger partial charge in [0, 0.05) is 12.8 Å². The van der Waals surface area contributed by atoms with Crippen LogP contribution >= 0.6 is 7.82 Å². The first-order chi connectivity index (χ1) is 28.0. The van der Waals surface area contributed by atoms with Crippen LogP contribution in [0, 0.1) is 0 Å². The summed E-state index contributed by atoms with van der Waals surface area (Å²) in [5.41, 5.74) is 0. The molecule has 2 atom stereocenters. The van der Waals surface area contributed by atoms with Crippen molar-refractivity contribution in [2.75, 3.05) is 47.5 Å². The maximum Gasteiger partial charge on any atom is 0.306 e. The number of hydrogen-bond acceptors (Lipinski definition) is 8. The highest BCUT2D eigenvalue weighted by Crippen LogP contribution is 2.38. The molecule has 9 nitrogen and oxygen atoms in total. The number of carbonyl (C=O) groups excluding carboxylic acids is 2. The number of nitrogens with zero attached hydrogens (tertiary/aromatic N) is 1. The van der Waals surface area contributed by atoms with Crippen LogP contribution in [0.5, 0.6) is 0 Å². The molecule has 0 aliphatic rings. The monoisotopic (exact) mass is 830 g/mol. The second-order valence-electron chi connectivity index (χ2n) is 15.3. The van der Waals surface area contributed by atoms with E-state index < -0.39 is 32.5 Å². The Bertz CT molecular complexity index is 1300. The zero-order chi connectivity index (χ0) is 42.8. The first-order valence-corrected chi connectivity index (χ1v) is 23.4. The van der Waals surface area contributed by atoms with Crippen molar-refractivity contribution in [2.24, 2.45) is 0 Å². The van der Waals surface area contributed by atoms with Crippen molar-refractivity contribution >= 4 is 19.8 Å². The van der Waals surface area contributed by atoms with Gasteiger partial charge in [-0.15, -0.1) is 0 Å². The topological polar surface area (TPSA) is 111 Å². The molecule has 0 saturated carbocycles. The number of rotatable bonds is 38. The minimum Gasteiger partial charge on any atom is -0.756 e. The molecule has 0 spiro atoms. The lowest BCUT2D eigenvalue weighted by atomic mass is 10.1. The van der Waals surface area contributed by atoms with Gasteiger partial charge in [0.25, 0.3) is 7.82 Å². The van der Waals surface area contributed by atoms with E-state index in [0.29, 0.717) is 23.9 Å². The van der Waals surface area contributed by atoms with Gasteiger partial charge < -0.3 is 27.9 Å². The van der Waals surface area contributed by atoms with E-state index in [-0.39, 0.29) is 26.1 Å². The number of hydrogen-bond donors (Lipinski definition) is 0. The van der Waals surface area contributed by atoms with Gasteiger partial charge in [-0.25, -0.2) is 0 Å². The van der Waals surface area contributed by atoms with Crippen LogP contribution in [-0.4, -0.2) is 70.0 Å². The zero-order valence-electron chi connectivity index (χ0n) is 36.9. The standard InChI is InChI=1S/C48H80NO8P/c1-6-8-10-12-14-16-18-20-22-23-24-25-27-28-30-32-34-36-38-40-47(50)54-44-46(45-56-58(52,53)55-43-42-49(3,4)5)57-48(51)41-39-37-35-33-31-29-26-21-19-17-15-13-11-9-7-2/h8,10,14-17,20-22,24-26,28,30,34,36,46H,6-7,9,11-13,18-19,23,27,29,31-33,35,37-45H2,1-5H3/b10-8-,16-14-,17-15-,22-20-,25-24-,26-21-,30-28-,36-34-/t46-/m1/s1. The number of allylic oxidation sites excluding steroid dienone is 16. The summed E-state index contributed by atoms with van der Waals surface area (Å²) in [4.78, 5) is 37.5. The van der Waals surface area contributed by atoms with E-state index in [1.165, 1.54) is 19.3 Å². The average molecular weight is 830 g/mol. The van der Waals surface area contributed by atoms with Gasteiger partial charge in [0.2, 0.25) is 0 Å². The van der Waals surface area contributed by atoms with Gasteiger partial charge in [-0.1, -0.05) is 143 Å². The number of ether oxygens (including phenoxy) is 2. The van der Waals surface area contributed by atoms with Crippen LogP contribution in [0.2, 0.25) is 0 Å². The molecule has 0 N–H and O–H groups in total. The Morgan fingerprint density at radius 2 is 1.02 bits per heavy atom. The van der Waals surface area contributed by atoms with Gasteiger partial charge >= 0.3 is 11.9 Å². The molecule has 0 fully saturated rings. The highest BCUT2D eigenvalue weighted by atomic mass is 31.2. The van der Waals surface area contributed by atoms with E-state index >= 15 is 0 Å². The van der Waals surface area contributed by atoms with E-state index in [1.807, 2.05) is 33.3 Å². The molecule has 0 aromatic carbocycles. The van der Waals surface area contributed by atoms with Crippen LogP contribution in [-0.2, 0) is 32.7 Å². The molecular formula is C48H80NO8P. The van der Waals surface area contributed by atoms with Crippen molar-refractivity contribution in [3.8, 4) is 0 Å². The van der Waals surface area contributed by atoms with Crippen LogP contribution in [0.4, 0.5) is 0 Å². The molecule has 330 valence electrons. The number of esters is 2. The molecule has 0 aliphatic heterocycles. The average Bonchev–Trinajstić information content (AvgIpc) is 3.17. The van der Waals surface area contributed by atoms with Crippen LogP contribution in [0.25, 0.3) is 0 Å². The molecule has 0 saturated heterocycles. The van der Waals surface area contributed by atoms with Crippen LogP contribution < -0.4 is 4.89 Å². The molecule has 0 amide bonds. The lowest BCUT2D eigenvalue weighted by molar-refractivity contribution is -0.870. The number of unbranched alkanes of at least 4 members (excludes halogenated alkanes) is 8. The van der Waals surface area contributed by atoms with E-state index in [4.69, 9.17) is 18.5 Å². The molecule has 58 heavy (non-hydrogen) atoms. The predicted molar refractivity (Wildman–Crippen MR) is 240 cm³/mol. The summed E-state index contributed by atoms with van der Waals surface area (Å²) >= 11 is 0. The molecule has 0 bridgehead atoms. The van der Waals surface area contributed by atoms with Gasteiger partial charge in [0.1, 0.15) is 19.8 Å². The van der Waals surface area contributed by atoms with Crippen molar-refractivity contribution in [1.82, 2.24) is 0 Å². The van der Waals surface area contributed by atoms with E-state index in [2.05, 4.69) is 98.9 Å². The molecule has 1 unspecified atom stereocenters. The minimum absolute atomic E-state index is 0.0505. The van der Waals surface area contributed by atoms with Crippen molar-refractivity contribution in [2.45, 2.75) is 148 Å². The molecule has 0 rings (SSSR count). The van der Waals surface area contributed by atoms with Crippen LogP contribution in [0.15, 0.2) is 97.2 Å². The quantitative estimate of drug-likeness (QED) is 0.0199. The Balaban J connectivity index is 4.53. The Morgan fingerprint density at radius 1 is 0.552 bits per heavy atom. The molecule has 0 heterocycles. The zero-order valence-corrected chi connectivity index (χ0v) is 37.8. The highest BCUT2D eigenvalue weighted by Gasteiger charge is 2.21. The molecular weight excluding hydrogens is 750 g/mol. The van der Waals surface area contributed by atoms with Gasteiger partial charge in [-0.05, 0) is 83.5 Å². The molecule has 0 radical (unpaired) electrons. The van der Waals surface area contributed by atoms with Gasteiger partial charge in [0.15, 0.2) is 6.10 Å². The Kier molecular flexibility index (Phi) is 37.3. The Morgan fingerprint density at radius 3 is 1.53 bits per heavy atom. The van der Waals surface area contributed by atoms with Crippen molar-refractivity contribution in [3.63, 3.8) is 0 Å². The van der Waals surface area contributed by atoms with Gasteiger partial charge in [0.05, 0.1) is 27.7 Å². The second-order valence-corrected chi connectivity index (χ2v) is 16.7. The summed E-state index contributed by atoms with van der Waals surface area (Å²) in [5, 5.41) is 0. The fraction of sp³-hybridized carbons (Fsp3) is 0.625. The summed E-state index contributed by atoms with van der Waals surface area (Å²) in [6.45, 7) is 3.95. The minimum atomic E-state index is -4.65. The van der Waals surface area contributed by atoms with Crippen molar-refractivity contribution in [3.05, 3.63) is 97.2 Å². The number of carbonyl (C=O) groups is 2. The third kappa shape index (κ3) is 42.5. The van der Waals surface area contributed by atoms with Crippen molar-refractivity contribution < 1.29 is 42.1 Å². The van der Waals surface area contributed by atoms with Gasteiger partial charge in [-0.3, -0.25) is 14.2 Å². The lowest BCUT2D eigenvalue weighted by Gasteiger charge is -2.28. The summed E-state index contributed by atoms with van der Waals surface area (Å²) in [7, 11) is 1.10. The highest BCUT2D eigenvalue weighted by molar-refractivity contribution is 7.45. The number of phosphoric ester groups is 1. The number of quaternary nitrogens is 1. The smallest absolute Gasteiger partial charge is 0.306 e. The molecule has 0 aromatic heterocycles. The van der Waals surface area contributed by atoms with E-state index in [9.17, 15) is 19.0 Å². The first kappa shape index (κ1) is 54.9. The van der Waals surface area contributed by atoms with Crippen LogP contribution in [0.1, 0.15) is 142 Å². The normalized spacial score (nSPS) is 14.5. The summed E-state index contributed by atoms with van der Waals surface area (Å²) < 4.78 is 33.8. The Hall–Kier alpha value is -3.07. The molecule has 0 aromatic rings. The summed E-state index contributed by atoms with van der Waals surface area (Å²) in [6.07, 6.45) is 51.6. The fourth-order valence-electron chi connectivity index (χ4n) is 5.18. The third-order valence-electron chi connectivity index (χ3n) is 8.60. The van der Waals surface area contributed by atoms with Crippen LogP contribution in [0.3, 0.4) is 0 Å². The molecule has 0 aliphatic carbocycles. The lowest BCUT2D eigenvalue weighted by Crippen LogP contribution is -2.37. The number of phosphoric acid groups is 1. The maximum absolute atomic E-state index is 12.7. The largest absolute Gasteiger partial charge is 0.756 e. The van der Waals surface area contributed by atoms with Crippen molar-refractivity contribution in [1.29, 1.82) is 0 Å². The summed E-state index contributed by atoms with van der Waals surface area (Å²) in [6, 6.07) is 0. The van der Waals surface area contributed by atoms with Gasteiger partial charge in [-0.2, -0.15) is 0 Å². The maximum atomic E-state index is 12.7. The Labute approximate surface area is 353 Å². The summed E-state index contributed by atoms with van der Waals surface area (Å²) in [5.74, 6) is -0.959. The SMILES string of the molecule is CC/C=C\C/C=C\C/C=C\C/C=C\C/C=C\C/C=C\CCC(=O)OC[C@H](COP(=O)([O-])OCC[N+](C)(C)C)OC(=O)CCCCCCC/C=C\C/C=C\CCCCC. The second kappa shape index (κ2) is 39.4. The predicted octanol–water partition coefficient (Wildman–Crippen LogP) is 11.9. The van der Waals surface area contributed by atoms with E-state index in [0.717, 1.165) is 83.5 Å². The fourth-order valence-corrected chi connectivity index (χ4v) is 5.91. The molecule has 10 heteroatoms. The number of likely N-dealkylation sites (N-methyl/N-ethyl adjacent to an activating group) is 1. The van der Waals surface area contributed by atoms with E-state index in [1.54, 1.807) is 0 Å². The first-order valence-electron chi connectivity index (χ1n) is 21.9. The third-order valence-corrected chi connectivity index (χ3v) is 9.57.